The first-order valence-corrected chi connectivity index (χ1v) is 7.41. The lowest BCUT2D eigenvalue weighted by Crippen LogP contribution is -2.11. The minimum Gasteiger partial charge on any atom is -0.399 e. The second-order valence-electron chi connectivity index (χ2n) is 5.12. The molecule has 0 saturated heterocycles. The normalized spacial score (nSPS) is 9.67. The lowest BCUT2D eigenvalue weighted by molar-refractivity contribution is 0.102. The number of hydrogen-bond donors (Lipinski definition) is 2. The zero-order chi connectivity index (χ0) is 16.8. The van der Waals surface area contributed by atoms with Crippen LogP contribution in [0.3, 0.4) is 0 Å². The number of nitrogens with one attached hydrogen (secondary N) is 1. The lowest BCUT2D eigenvalue weighted by atomic mass is 10.1. The van der Waals surface area contributed by atoms with Gasteiger partial charge in [-0.2, -0.15) is 0 Å². The van der Waals surface area contributed by atoms with Gasteiger partial charge >= 0.3 is 0 Å². The molecule has 1 amide bonds. The van der Waals surface area contributed by atoms with E-state index in [4.69, 9.17) is 5.73 Å². The summed E-state index contributed by atoms with van der Waals surface area (Å²) in [6.07, 6.45) is 1.70. The number of pyridine rings is 1. The topological polar surface area (TPSA) is 68.0 Å². The van der Waals surface area contributed by atoms with E-state index in [1.165, 1.54) is 0 Å². The van der Waals surface area contributed by atoms with E-state index >= 15 is 0 Å². The van der Waals surface area contributed by atoms with E-state index in [-0.39, 0.29) is 5.91 Å². The maximum absolute atomic E-state index is 12.2. The first-order valence-electron chi connectivity index (χ1n) is 7.41. The number of benzene rings is 2. The number of aromatic nitrogens is 1. The predicted octanol–water partition coefficient (Wildman–Crippen LogP) is 3.32. The number of amides is 1. The van der Waals surface area contributed by atoms with E-state index in [9.17, 15) is 4.79 Å². The number of rotatable bonds is 2. The molecule has 0 radical (unpaired) electrons. The Morgan fingerprint density at radius 1 is 0.958 bits per heavy atom. The number of nitrogens with two attached hydrogens (primary N) is 1. The minimum absolute atomic E-state index is 0.190. The first-order chi connectivity index (χ1) is 11.7. The van der Waals surface area contributed by atoms with Crippen LogP contribution in [0.5, 0.6) is 0 Å². The number of carbonyl (C=O) groups is 1. The van der Waals surface area contributed by atoms with Crippen molar-refractivity contribution in [3.8, 4) is 11.8 Å². The minimum atomic E-state index is -0.190. The molecule has 0 unspecified atom stereocenters. The van der Waals surface area contributed by atoms with Crippen LogP contribution in [0.2, 0.25) is 0 Å². The summed E-state index contributed by atoms with van der Waals surface area (Å²) in [5, 5.41) is 2.85. The molecule has 3 N–H and O–H groups in total. The van der Waals surface area contributed by atoms with Crippen LogP contribution in [0.1, 0.15) is 21.6 Å². The molecule has 4 heteroatoms. The Hall–Kier alpha value is -3.58. The Kier molecular flexibility index (Phi) is 4.55. The third kappa shape index (κ3) is 3.99. The summed E-state index contributed by atoms with van der Waals surface area (Å²) in [6.45, 7) is 0. The van der Waals surface area contributed by atoms with Crippen molar-refractivity contribution in [3.05, 3.63) is 89.7 Å². The zero-order valence-electron chi connectivity index (χ0n) is 12.9. The number of nitrogen functional groups attached to an aromatic ring is 1. The van der Waals surface area contributed by atoms with Crippen molar-refractivity contribution in [1.29, 1.82) is 0 Å². The monoisotopic (exact) mass is 313 g/mol. The molecule has 116 valence electrons. The SMILES string of the molecule is Nc1ccc(C(=O)Nc2cccc(C#Cc3ccccn3)c2)cc1. The van der Waals surface area contributed by atoms with Crippen LogP contribution >= 0.6 is 0 Å². The van der Waals surface area contributed by atoms with Crippen molar-refractivity contribution in [2.75, 3.05) is 11.1 Å². The second kappa shape index (κ2) is 7.12. The van der Waals surface area contributed by atoms with Crippen molar-refractivity contribution in [2.45, 2.75) is 0 Å². The van der Waals surface area contributed by atoms with Crippen LogP contribution in [0.4, 0.5) is 11.4 Å². The molecule has 4 nitrogen and oxygen atoms in total. The van der Waals surface area contributed by atoms with Gasteiger partial charge in [0.05, 0.1) is 0 Å². The van der Waals surface area contributed by atoms with E-state index in [1.54, 1.807) is 30.5 Å². The van der Waals surface area contributed by atoms with Crippen LogP contribution in [-0.2, 0) is 0 Å². The molecule has 1 aromatic heterocycles. The highest BCUT2D eigenvalue weighted by atomic mass is 16.1. The number of carbonyl (C=O) groups excluding carboxylic acids is 1. The van der Waals surface area contributed by atoms with Gasteiger partial charge < -0.3 is 11.1 Å². The predicted molar refractivity (Wildman–Crippen MR) is 95.5 cm³/mol. The number of hydrogen-bond acceptors (Lipinski definition) is 3. The van der Waals surface area contributed by atoms with Gasteiger partial charge in [-0.25, -0.2) is 4.98 Å². The van der Waals surface area contributed by atoms with Crippen molar-refractivity contribution in [3.63, 3.8) is 0 Å². The van der Waals surface area contributed by atoms with Crippen molar-refractivity contribution >= 4 is 17.3 Å². The average Bonchev–Trinajstić information content (AvgIpc) is 2.62. The van der Waals surface area contributed by atoms with Gasteiger partial charge in [0.2, 0.25) is 0 Å². The summed E-state index contributed by atoms with van der Waals surface area (Å²) in [6, 6.07) is 19.7. The fraction of sp³-hybridized carbons (Fsp3) is 0. The highest BCUT2D eigenvalue weighted by molar-refractivity contribution is 6.04. The first kappa shape index (κ1) is 15.3. The van der Waals surface area contributed by atoms with Gasteiger partial charge in [0, 0.05) is 28.7 Å². The largest absolute Gasteiger partial charge is 0.399 e. The van der Waals surface area contributed by atoms with E-state index in [0.29, 0.717) is 22.6 Å². The molecule has 24 heavy (non-hydrogen) atoms. The third-order valence-electron chi connectivity index (χ3n) is 3.29. The molecular weight excluding hydrogens is 298 g/mol. The molecule has 0 aliphatic rings. The van der Waals surface area contributed by atoms with Gasteiger partial charge in [-0.15, -0.1) is 0 Å². The summed E-state index contributed by atoms with van der Waals surface area (Å²) in [7, 11) is 0. The van der Waals surface area contributed by atoms with E-state index in [2.05, 4.69) is 22.1 Å². The Labute approximate surface area is 140 Å². The van der Waals surface area contributed by atoms with Crippen LogP contribution < -0.4 is 11.1 Å². The summed E-state index contributed by atoms with van der Waals surface area (Å²) in [5.41, 5.74) is 8.99. The fourth-order valence-electron chi connectivity index (χ4n) is 2.09. The van der Waals surface area contributed by atoms with E-state index in [0.717, 1.165) is 5.56 Å². The fourth-order valence-corrected chi connectivity index (χ4v) is 2.09. The highest BCUT2D eigenvalue weighted by Crippen LogP contribution is 2.13. The zero-order valence-corrected chi connectivity index (χ0v) is 12.9. The second-order valence-corrected chi connectivity index (χ2v) is 5.12. The molecule has 0 bridgehead atoms. The Bertz CT molecular complexity index is 907. The maximum atomic E-state index is 12.2. The molecule has 3 rings (SSSR count). The van der Waals surface area contributed by atoms with Gasteiger partial charge in [0.25, 0.3) is 5.91 Å². The molecule has 1 heterocycles. The Balaban J connectivity index is 1.75. The molecule has 0 saturated carbocycles. The van der Waals surface area contributed by atoms with Crippen LogP contribution in [0, 0.1) is 11.8 Å². The quantitative estimate of drug-likeness (QED) is 0.563. The van der Waals surface area contributed by atoms with Crippen LogP contribution in [0.25, 0.3) is 0 Å². The number of anilines is 2. The lowest BCUT2D eigenvalue weighted by Gasteiger charge is -2.06. The highest BCUT2D eigenvalue weighted by Gasteiger charge is 2.05. The van der Waals surface area contributed by atoms with E-state index < -0.39 is 0 Å². The van der Waals surface area contributed by atoms with Gasteiger partial charge in [0.15, 0.2) is 0 Å². The van der Waals surface area contributed by atoms with Gasteiger partial charge in [-0.3, -0.25) is 4.79 Å². The van der Waals surface area contributed by atoms with Gasteiger partial charge in [-0.05, 0) is 60.5 Å². The van der Waals surface area contributed by atoms with Crippen molar-refractivity contribution in [1.82, 2.24) is 4.98 Å². The maximum Gasteiger partial charge on any atom is 0.255 e. The van der Waals surface area contributed by atoms with Gasteiger partial charge in [-0.1, -0.05) is 18.1 Å². The summed E-state index contributed by atoms with van der Waals surface area (Å²) >= 11 is 0. The molecule has 3 aromatic rings. The average molecular weight is 313 g/mol. The summed E-state index contributed by atoms with van der Waals surface area (Å²) in [4.78, 5) is 16.4. The molecule has 0 aliphatic heterocycles. The molecule has 0 aliphatic carbocycles. The van der Waals surface area contributed by atoms with E-state index in [1.807, 2.05) is 42.5 Å². The van der Waals surface area contributed by atoms with Crippen molar-refractivity contribution < 1.29 is 4.79 Å². The Morgan fingerprint density at radius 2 is 1.79 bits per heavy atom. The number of nitrogens with zero attached hydrogens (tertiary/aromatic N) is 1. The molecule has 0 fully saturated rings. The van der Waals surface area contributed by atoms with Gasteiger partial charge in [0.1, 0.15) is 5.69 Å². The molecule has 0 spiro atoms. The summed E-state index contributed by atoms with van der Waals surface area (Å²) < 4.78 is 0. The molecular formula is C20H15N3O. The Morgan fingerprint density at radius 3 is 2.54 bits per heavy atom. The molecule has 0 atom stereocenters. The molecule has 2 aromatic carbocycles. The van der Waals surface area contributed by atoms with Crippen molar-refractivity contribution in [2.24, 2.45) is 0 Å². The third-order valence-corrected chi connectivity index (χ3v) is 3.29. The van der Waals surface area contributed by atoms with Crippen LogP contribution in [0.15, 0.2) is 72.9 Å². The standard InChI is InChI=1S/C20H15N3O/c21-17-10-8-16(9-11-17)20(24)23-19-6-3-4-15(14-19)7-12-18-5-1-2-13-22-18/h1-6,8-11,13-14H,21H2,(H,23,24). The smallest absolute Gasteiger partial charge is 0.255 e. The summed E-state index contributed by atoms with van der Waals surface area (Å²) in [5.74, 6) is 5.84. The van der Waals surface area contributed by atoms with Crippen LogP contribution in [-0.4, -0.2) is 10.9 Å².